The van der Waals surface area contributed by atoms with Crippen LogP contribution in [0.5, 0.6) is 0 Å². The van der Waals surface area contributed by atoms with Gasteiger partial charge in [0.25, 0.3) is 0 Å². The molecule has 0 radical (unpaired) electrons. The molecular weight excluding hydrogens is 122 g/mol. The van der Waals surface area contributed by atoms with Crippen molar-refractivity contribution in [2.24, 2.45) is 0 Å². The number of nitrogens with zero attached hydrogens (tertiary/aromatic N) is 1. The van der Waals surface area contributed by atoms with E-state index in [-0.39, 0.29) is 0 Å². The van der Waals surface area contributed by atoms with E-state index in [0.29, 0.717) is 0 Å². The zero-order chi connectivity index (χ0) is 7.23. The molecule has 0 bridgehead atoms. The van der Waals surface area contributed by atoms with Crippen LogP contribution >= 0.6 is 0 Å². The summed E-state index contributed by atoms with van der Waals surface area (Å²) in [5.41, 5.74) is 0. The van der Waals surface area contributed by atoms with E-state index in [1.807, 2.05) is 0 Å². The van der Waals surface area contributed by atoms with E-state index in [2.05, 4.69) is 24.0 Å². The zero-order valence-electron chi connectivity index (χ0n) is 6.84. The Morgan fingerprint density at radius 2 is 2.30 bits per heavy atom. The minimum atomic E-state index is 1.17. The summed E-state index contributed by atoms with van der Waals surface area (Å²) >= 11 is 0. The minimum Gasteiger partial charge on any atom is -0.300 e. The molecule has 0 aliphatic carbocycles. The molecule has 1 aliphatic heterocycles. The van der Waals surface area contributed by atoms with E-state index in [0.717, 1.165) is 0 Å². The van der Waals surface area contributed by atoms with Crippen molar-refractivity contribution >= 4 is 0 Å². The van der Waals surface area contributed by atoms with Gasteiger partial charge in [-0.3, -0.25) is 4.90 Å². The van der Waals surface area contributed by atoms with Gasteiger partial charge in [0.1, 0.15) is 0 Å². The summed E-state index contributed by atoms with van der Waals surface area (Å²) in [4.78, 5) is 2.52. The van der Waals surface area contributed by atoms with E-state index in [1.165, 1.54) is 38.9 Å². The Bertz CT molecular complexity index is 107. The smallest absolute Gasteiger partial charge is 0.0163 e. The molecule has 10 heavy (non-hydrogen) atoms. The van der Waals surface area contributed by atoms with Crippen molar-refractivity contribution < 1.29 is 0 Å². The molecule has 1 nitrogen and oxygen atoms in total. The highest BCUT2D eigenvalue weighted by molar-refractivity contribution is 4.87. The van der Waals surface area contributed by atoms with Gasteiger partial charge in [0.05, 0.1) is 0 Å². The van der Waals surface area contributed by atoms with Gasteiger partial charge in [0, 0.05) is 6.54 Å². The average molecular weight is 139 g/mol. The second kappa shape index (κ2) is 4.51. The highest BCUT2D eigenvalue weighted by Gasteiger charge is 2.02. The largest absolute Gasteiger partial charge is 0.300 e. The quantitative estimate of drug-likeness (QED) is 0.529. The molecular formula is C9H17N. The first-order chi connectivity index (χ1) is 4.93. The van der Waals surface area contributed by atoms with Gasteiger partial charge in [-0.25, -0.2) is 0 Å². The van der Waals surface area contributed by atoms with Crippen LogP contribution in [0.3, 0.4) is 0 Å². The number of hydrogen-bond acceptors (Lipinski definition) is 1. The van der Waals surface area contributed by atoms with Crippen LogP contribution in [0, 0.1) is 0 Å². The van der Waals surface area contributed by atoms with Gasteiger partial charge < -0.3 is 0 Å². The van der Waals surface area contributed by atoms with Crippen molar-refractivity contribution in [1.82, 2.24) is 4.90 Å². The van der Waals surface area contributed by atoms with Crippen LogP contribution in [0.4, 0.5) is 0 Å². The highest BCUT2D eigenvalue weighted by Crippen LogP contribution is 2.02. The molecule has 0 unspecified atom stereocenters. The monoisotopic (exact) mass is 139 g/mol. The standard InChI is InChI=1S/C9H17N/c1-2-7-10-8-5-3-4-6-9-10/h3,5H,2,4,6-9H2,1H3. The fourth-order valence-electron chi connectivity index (χ4n) is 1.38. The van der Waals surface area contributed by atoms with Crippen molar-refractivity contribution in [3.8, 4) is 0 Å². The Morgan fingerprint density at radius 1 is 1.40 bits per heavy atom. The maximum Gasteiger partial charge on any atom is 0.0163 e. The third kappa shape index (κ3) is 2.53. The van der Waals surface area contributed by atoms with Gasteiger partial charge in [-0.05, 0) is 32.4 Å². The van der Waals surface area contributed by atoms with Crippen molar-refractivity contribution in [2.45, 2.75) is 26.2 Å². The summed E-state index contributed by atoms with van der Waals surface area (Å²) in [6.07, 6.45) is 8.50. The first kappa shape index (κ1) is 7.80. The van der Waals surface area contributed by atoms with E-state index in [4.69, 9.17) is 0 Å². The van der Waals surface area contributed by atoms with Gasteiger partial charge >= 0.3 is 0 Å². The molecule has 0 N–H and O–H groups in total. The van der Waals surface area contributed by atoms with E-state index in [1.54, 1.807) is 0 Å². The van der Waals surface area contributed by atoms with Gasteiger partial charge in [-0.2, -0.15) is 0 Å². The maximum atomic E-state index is 2.52. The van der Waals surface area contributed by atoms with Crippen LogP contribution in [0.2, 0.25) is 0 Å². The second-order valence-corrected chi connectivity index (χ2v) is 2.91. The Labute approximate surface area is 63.7 Å². The molecule has 1 heterocycles. The summed E-state index contributed by atoms with van der Waals surface area (Å²) < 4.78 is 0. The van der Waals surface area contributed by atoms with E-state index >= 15 is 0 Å². The summed E-state index contributed by atoms with van der Waals surface area (Å²) in [6.45, 7) is 5.98. The molecule has 0 aromatic heterocycles. The van der Waals surface area contributed by atoms with Crippen LogP contribution in [-0.4, -0.2) is 24.5 Å². The highest BCUT2D eigenvalue weighted by atomic mass is 15.1. The topological polar surface area (TPSA) is 3.24 Å². The lowest BCUT2D eigenvalue weighted by atomic mass is 10.3. The van der Waals surface area contributed by atoms with Crippen molar-refractivity contribution in [2.75, 3.05) is 19.6 Å². The Kier molecular flexibility index (Phi) is 3.52. The number of hydrogen-bond donors (Lipinski definition) is 0. The van der Waals surface area contributed by atoms with E-state index < -0.39 is 0 Å². The van der Waals surface area contributed by atoms with E-state index in [9.17, 15) is 0 Å². The van der Waals surface area contributed by atoms with Gasteiger partial charge in [0.15, 0.2) is 0 Å². The molecule has 0 amide bonds. The first-order valence-electron chi connectivity index (χ1n) is 4.31. The van der Waals surface area contributed by atoms with Crippen LogP contribution in [-0.2, 0) is 0 Å². The van der Waals surface area contributed by atoms with Gasteiger partial charge in [-0.1, -0.05) is 19.1 Å². The Balaban J connectivity index is 2.23. The summed E-state index contributed by atoms with van der Waals surface area (Å²) in [7, 11) is 0. The van der Waals surface area contributed by atoms with Crippen molar-refractivity contribution in [3.05, 3.63) is 12.2 Å². The van der Waals surface area contributed by atoms with Crippen LogP contribution in [0.25, 0.3) is 0 Å². The lowest BCUT2D eigenvalue weighted by Gasteiger charge is -2.17. The summed E-state index contributed by atoms with van der Waals surface area (Å²) in [6, 6.07) is 0. The Morgan fingerprint density at radius 3 is 3.10 bits per heavy atom. The normalized spacial score (nSPS) is 20.9. The lowest BCUT2D eigenvalue weighted by molar-refractivity contribution is 0.305. The molecule has 0 aromatic carbocycles. The second-order valence-electron chi connectivity index (χ2n) is 2.91. The molecule has 1 heteroatoms. The molecule has 0 atom stereocenters. The third-order valence-electron chi connectivity index (χ3n) is 1.92. The SMILES string of the molecule is CCCN1CC=CCCC1. The molecule has 58 valence electrons. The molecule has 0 saturated heterocycles. The fourth-order valence-corrected chi connectivity index (χ4v) is 1.38. The predicted octanol–water partition coefficient (Wildman–Crippen LogP) is 2.05. The summed E-state index contributed by atoms with van der Waals surface area (Å²) in [5.74, 6) is 0. The van der Waals surface area contributed by atoms with Crippen molar-refractivity contribution in [1.29, 1.82) is 0 Å². The summed E-state index contributed by atoms with van der Waals surface area (Å²) in [5, 5.41) is 0. The Hall–Kier alpha value is -0.300. The fraction of sp³-hybridized carbons (Fsp3) is 0.778. The van der Waals surface area contributed by atoms with Crippen LogP contribution in [0.15, 0.2) is 12.2 Å². The van der Waals surface area contributed by atoms with Gasteiger partial charge in [-0.15, -0.1) is 0 Å². The van der Waals surface area contributed by atoms with Crippen LogP contribution < -0.4 is 0 Å². The molecule has 0 spiro atoms. The molecule has 0 saturated carbocycles. The minimum absolute atomic E-state index is 1.17. The maximum absolute atomic E-state index is 2.52. The van der Waals surface area contributed by atoms with Crippen LogP contribution in [0.1, 0.15) is 26.2 Å². The predicted molar refractivity (Wildman–Crippen MR) is 45.1 cm³/mol. The molecule has 1 rings (SSSR count). The number of allylic oxidation sites excluding steroid dienone is 1. The number of rotatable bonds is 2. The molecule has 0 aromatic rings. The third-order valence-corrected chi connectivity index (χ3v) is 1.92. The molecule has 0 fully saturated rings. The average Bonchev–Trinajstić information content (AvgIpc) is 2.17. The lowest BCUT2D eigenvalue weighted by Crippen LogP contribution is -2.24. The first-order valence-corrected chi connectivity index (χ1v) is 4.31. The molecule has 1 aliphatic rings. The van der Waals surface area contributed by atoms with Gasteiger partial charge in [0.2, 0.25) is 0 Å². The van der Waals surface area contributed by atoms with Crippen molar-refractivity contribution in [3.63, 3.8) is 0 Å². The zero-order valence-corrected chi connectivity index (χ0v) is 6.84.